The number of aromatic nitrogens is 2. The molecule has 1 heterocycles. The van der Waals surface area contributed by atoms with E-state index in [9.17, 15) is 8.42 Å². The van der Waals surface area contributed by atoms with Gasteiger partial charge in [0, 0.05) is 6.54 Å². The smallest absolute Gasteiger partial charge is 0.247 e. The molecule has 0 unspecified atom stereocenters. The Labute approximate surface area is 201 Å². The number of imidazole rings is 1. The zero-order valence-corrected chi connectivity index (χ0v) is 22.1. The fourth-order valence-electron chi connectivity index (χ4n) is 3.22. The summed E-state index contributed by atoms with van der Waals surface area (Å²) in [6.45, 7) is 2.33. The van der Waals surface area contributed by atoms with Gasteiger partial charge in [-0.15, -0.1) is 0 Å². The number of rotatable bonds is 12. The number of benzene rings is 1. The van der Waals surface area contributed by atoms with Gasteiger partial charge in [0.15, 0.2) is 0 Å². The number of alkyl halides is 3. The molecule has 0 bridgehead atoms. The van der Waals surface area contributed by atoms with E-state index >= 15 is 0 Å². The van der Waals surface area contributed by atoms with Crippen molar-refractivity contribution in [2.24, 2.45) is 0 Å². The molecule has 30 heavy (non-hydrogen) atoms. The summed E-state index contributed by atoms with van der Waals surface area (Å²) in [5, 5.41) is 17.6. The molecule has 2 aromatic rings. The molecule has 2 rings (SSSR count). The standard InChI is InChI=1S/C18H25Br3N2O6S/c1-2-3-4-5-6-7-8-23-16-10-14(12-29-25)13(11-28-24)9-15(16)22-17(23)30(26,27)18(19,20)21/h9-10,24-25H,2-8,11-12H2,1H3. The lowest BCUT2D eigenvalue weighted by Crippen LogP contribution is -2.22. The van der Waals surface area contributed by atoms with Crippen LogP contribution in [0.5, 0.6) is 0 Å². The summed E-state index contributed by atoms with van der Waals surface area (Å²) in [4.78, 5) is 12.8. The van der Waals surface area contributed by atoms with Crippen LogP contribution in [0.1, 0.15) is 56.6 Å². The predicted molar refractivity (Wildman–Crippen MR) is 125 cm³/mol. The second-order valence-electron chi connectivity index (χ2n) is 6.92. The van der Waals surface area contributed by atoms with Crippen molar-refractivity contribution < 1.29 is 28.7 Å². The lowest BCUT2D eigenvalue weighted by Gasteiger charge is -2.15. The Morgan fingerprint density at radius 2 is 1.57 bits per heavy atom. The molecule has 0 aliphatic rings. The van der Waals surface area contributed by atoms with Crippen LogP contribution in [0.3, 0.4) is 0 Å². The van der Waals surface area contributed by atoms with E-state index < -0.39 is 11.3 Å². The molecular formula is C18H25Br3N2O6S. The van der Waals surface area contributed by atoms with E-state index in [1.807, 2.05) is 0 Å². The van der Waals surface area contributed by atoms with Gasteiger partial charge in [-0.25, -0.2) is 23.2 Å². The number of sulfone groups is 1. The summed E-state index contributed by atoms with van der Waals surface area (Å²) in [5.41, 5.74) is 2.10. The first-order valence-corrected chi connectivity index (χ1v) is 13.4. The molecule has 0 saturated carbocycles. The van der Waals surface area contributed by atoms with E-state index in [2.05, 4.69) is 69.5 Å². The van der Waals surface area contributed by atoms with E-state index in [1.54, 1.807) is 16.7 Å². The average Bonchev–Trinajstić information content (AvgIpc) is 3.02. The number of hydrogen-bond donors (Lipinski definition) is 2. The van der Waals surface area contributed by atoms with Crippen LogP contribution < -0.4 is 0 Å². The number of unbranched alkanes of at least 4 members (excludes halogenated alkanes) is 5. The largest absolute Gasteiger partial charge is 0.315 e. The predicted octanol–water partition coefficient (Wildman–Crippen LogP) is 5.95. The maximum Gasteiger partial charge on any atom is 0.247 e. The molecule has 1 aromatic heterocycles. The third kappa shape index (κ3) is 6.25. The first-order valence-electron chi connectivity index (χ1n) is 9.53. The molecule has 2 N–H and O–H groups in total. The van der Waals surface area contributed by atoms with Crippen LogP contribution in [0.25, 0.3) is 11.0 Å². The van der Waals surface area contributed by atoms with Crippen molar-refractivity contribution in [3.8, 4) is 0 Å². The number of aryl methyl sites for hydroxylation is 1. The minimum Gasteiger partial charge on any atom is -0.315 e. The van der Waals surface area contributed by atoms with E-state index in [0.717, 1.165) is 32.1 Å². The summed E-state index contributed by atoms with van der Waals surface area (Å²) < 4.78 is 26.3. The molecule has 0 amide bonds. The summed E-state index contributed by atoms with van der Waals surface area (Å²) in [7, 11) is -3.93. The molecule has 8 nitrogen and oxygen atoms in total. The number of nitrogens with zero attached hydrogens (tertiary/aromatic N) is 2. The molecule has 0 spiro atoms. The number of hydrogen-bond acceptors (Lipinski definition) is 7. The Bertz CT molecular complexity index is 944. The minimum absolute atomic E-state index is 0.102. The SMILES string of the molecule is CCCCCCCCn1c(S(=O)(=O)C(Br)(Br)Br)nc2cc(COO)c(COO)cc21. The molecule has 0 aliphatic carbocycles. The van der Waals surface area contributed by atoms with Crippen molar-refractivity contribution in [1.82, 2.24) is 9.55 Å². The van der Waals surface area contributed by atoms with Crippen LogP contribution in [0.15, 0.2) is 17.3 Å². The van der Waals surface area contributed by atoms with Crippen molar-refractivity contribution >= 4 is 68.7 Å². The molecule has 1 aromatic carbocycles. The fraction of sp³-hybridized carbons (Fsp3) is 0.611. The molecule has 0 fully saturated rings. The number of fused-ring (bicyclic) bond motifs is 1. The maximum atomic E-state index is 13.1. The highest BCUT2D eigenvalue weighted by molar-refractivity contribution is 9.42. The minimum atomic E-state index is -3.93. The van der Waals surface area contributed by atoms with Crippen LogP contribution in [-0.4, -0.2) is 30.0 Å². The van der Waals surface area contributed by atoms with E-state index in [1.165, 1.54) is 6.42 Å². The molecule has 12 heteroatoms. The van der Waals surface area contributed by atoms with E-state index in [-0.39, 0.29) is 18.4 Å². The first-order chi connectivity index (χ1) is 14.2. The van der Waals surface area contributed by atoms with Gasteiger partial charge in [-0.05, 0) is 77.5 Å². The lowest BCUT2D eigenvalue weighted by atomic mass is 10.1. The van der Waals surface area contributed by atoms with Crippen LogP contribution in [0, 0.1) is 0 Å². The molecule has 170 valence electrons. The van der Waals surface area contributed by atoms with Gasteiger partial charge in [-0.1, -0.05) is 39.0 Å². The second-order valence-corrected chi connectivity index (χ2v) is 17.2. The number of halogens is 3. The maximum absolute atomic E-state index is 13.1. The second kappa shape index (κ2) is 11.7. The van der Waals surface area contributed by atoms with E-state index in [0.29, 0.717) is 28.7 Å². The Morgan fingerprint density at radius 1 is 1.00 bits per heavy atom. The monoisotopic (exact) mass is 634 g/mol. The zero-order valence-electron chi connectivity index (χ0n) is 16.5. The third-order valence-corrected chi connectivity index (χ3v) is 9.99. The van der Waals surface area contributed by atoms with Crippen LogP contribution in [0.4, 0.5) is 0 Å². The van der Waals surface area contributed by atoms with Gasteiger partial charge in [0.1, 0.15) is 13.2 Å². The van der Waals surface area contributed by atoms with Crippen LogP contribution in [-0.2, 0) is 39.4 Å². The Balaban J connectivity index is 2.51. The zero-order chi connectivity index (χ0) is 22.4. The molecule has 0 atom stereocenters. The average molecular weight is 637 g/mol. The van der Waals surface area contributed by atoms with E-state index in [4.69, 9.17) is 10.5 Å². The van der Waals surface area contributed by atoms with Gasteiger partial charge in [0.05, 0.1) is 11.0 Å². The van der Waals surface area contributed by atoms with Gasteiger partial charge in [0.25, 0.3) is 0 Å². The highest BCUT2D eigenvalue weighted by Gasteiger charge is 2.41. The molecule has 0 radical (unpaired) electrons. The van der Waals surface area contributed by atoms with Crippen molar-refractivity contribution in [2.75, 3.05) is 0 Å². The first kappa shape index (κ1) is 26.2. The van der Waals surface area contributed by atoms with Crippen molar-refractivity contribution in [3.63, 3.8) is 0 Å². The lowest BCUT2D eigenvalue weighted by molar-refractivity contribution is -0.258. The highest BCUT2D eigenvalue weighted by atomic mass is 80.0. The van der Waals surface area contributed by atoms with Crippen LogP contribution in [0.2, 0.25) is 0 Å². The Kier molecular flexibility index (Phi) is 10.2. The van der Waals surface area contributed by atoms with Crippen molar-refractivity contribution in [3.05, 3.63) is 23.3 Å². The summed E-state index contributed by atoms with van der Waals surface area (Å²) >= 11 is 9.31. The van der Waals surface area contributed by atoms with Crippen molar-refractivity contribution in [1.29, 1.82) is 0 Å². The summed E-state index contributed by atoms with van der Waals surface area (Å²) in [6, 6.07) is 3.32. The molecule has 0 aliphatic heterocycles. The normalized spacial score (nSPS) is 12.7. The highest BCUT2D eigenvalue weighted by Crippen LogP contribution is 2.43. The quantitative estimate of drug-likeness (QED) is 0.128. The Morgan fingerprint density at radius 3 is 2.13 bits per heavy atom. The van der Waals surface area contributed by atoms with Gasteiger partial charge in [-0.2, -0.15) is 0 Å². The summed E-state index contributed by atoms with van der Waals surface area (Å²) in [5.74, 6) is 0. The summed E-state index contributed by atoms with van der Waals surface area (Å²) in [6.07, 6.45) is 6.36. The molecular weight excluding hydrogens is 612 g/mol. The molecule has 0 saturated heterocycles. The van der Waals surface area contributed by atoms with Gasteiger partial charge < -0.3 is 4.57 Å². The topological polar surface area (TPSA) is 111 Å². The van der Waals surface area contributed by atoms with Crippen LogP contribution >= 0.6 is 47.8 Å². The Hall–Kier alpha value is -0.0800. The third-order valence-electron chi connectivity index (χ3n) is 4.76. The van der Waals surface area contributed by atoms with Gasteiger partial charge >= 0.3 is 0 Å². The van der Waals surface area contributed by atoms with Gasteiger partial charge in [0.2, 0.25) is 16.5 Å². The fourth-order valence-corrected chi connectivity index (χ4v) is 5.43. The van der Waals surface area contributed by atoms with Crippen molar-refractivity contribution in [2.45, 2.75) is 71.8 Å². The van der Waals surface area contributed by atoms with Gasteiger partial charge in [-0.3, -0.25) is 10.5 Å².